The van der Waals surface area contributed by atoms with Crippen LogP contribution in [0.25, 0.3) is 0 Å². The molecule has 0 aliphatic rings. The van der Waals surface area contributed by atoms with Crippen LogP contribution < -0.4 is 5.73 Å². The van der Waals surface area contributed by atoms with E-state index in [-0.39, 0.29) is 0 Å². The van der Waals surface area contributed by atoms with Gasteiger partial charge in [0.25, 0.3) is 0 Å². The second kappa shape index (κ2) is 6.23. The monoisotopic (exact) mass is 271 g/mol. The number of rotatable bonds is 5. The minimum Gasteiger partial charge on any atom is -0.330 e. The number of nitrogens with zero attached hydrogens (tertiary/aromatic N) is 2. The van der Waals surface area contributed by atoms with E-state index in [0.29, 0.717) is 5.92 Å². The van der Waals surface area contributed by atoms with E-state index in [9.17, 15) is 0 Å². The van der Waals surface area contributed by atoms with Crippen LogP contribution in [0.15, 0.2) is 24.3 Å². The Bertz CT molecular complexity index is 567. The lowest BCUT2D eigenvalue weighted by atomic mass is 10.00. The van der Waals surface area contributed by atoms with Crippen LogP contribution >= 0.6 is 0 Å². The van der Waals surface area contributed by atoms with Gasteiger partial charge in [-0.05, 0) is 50.8 Å². The first-order valence-corrected chi connectivity index (χ1v) is 7.29. The van der Waals surface area contributed by atoms with Gasteiger partial charge in [-0.1, -0.05) is 36.8 Å². The first kappa shape index (κ1) is 14.8. The maximum Gasteiger partial charge on any atom is 0.0662 e. The van der Waals surface area contributed by atoms with Gasteiger partial charge >= 0.3 is 0 Å². The first-order valence-electron chi connectivity index (χ1n) is 7.29. The molecule has 2 rings (SSSR count). The highest BCUT2D eigenvalue weighted by Gasteiger charge is 2.14. The third kappa shape index (κ3) is 3.28. The molecule has 0 aliphatic carbocycles. The molecule has 0 aliphatic heterocycles. The Balaban J connectivity index is 2.21. The summed E-state index contributed by atoms with van der Waals surface area (Å²) in [6, 6.07) is 8.65. The summed E-state index contributed by atoms with van der Waals surface area (Å²) in [5, 5.41) is 4.69. The number of aryl methyl sites for hydroxylation is 2. The third-order valence-electron chi connectivity index (χ3n) is 3.94. The fourth-order valence-electron chi connectivity index (χ4n) is 2.48. The zero-order valence-corrected chi connectivity index (χ0v) is 13.0. The average molecular weight is 271 g/mol. The van der Waals surface area contributed by atoms with E-state index in [1.807, 2.05) is 0 Å². The van der Waals surface area contributed by atoms with Crippen LogP contribution in [0.2, 0.25) is 0 Å². The van der Waals surface area contributed by atoms with Gasteiger partial charge in [0.1, 0.15) is 0 Å². The summed E-state index contributed by atoms with van der Waals surface area (Å²) in [7, 11) is 0. The zero-order valence-electron chi connectivity index (χ0n) is 13.0. The second-order valence-electron chi connectivity index (χ2n) is 5.84. The molecule has 108 valence electrons. The van der Waals surface area contributed by atoms with Crippen LogP contribution in [-0.2, 0) is 13.0 Å². The Morgan fingerprint density at radius 2 is 1.80 bits per heavy atom. The van der Waals surface area contributed by atoms with Crippen molar-refractivity contribution in [3.05, 3.63) is 52.3 Å². The Labute approximate surface area is 121 Å². The first-order chi connectivity index (χ1) is 9.51. The highest BCUT2D eigenvalue weighted by Crippen LogP contribution is 2.18. The number of aromatic nitrogens is 2. The molecule has 3 nitrogen and oxygen atoms in total. The van der Waals surface area contributed by atoms with Crippen molar-refractivity contribution in [2.45, 2.75) is 40.7 Å². The summed E-state index contributed by atoms with van der Waals surface area (Å²) < 4.78 is 2.11. The van der Waals surface area contributed by atoms with Gasteiger partial charge in [0.2, 0.25) is 0 Å². The largest absolute Gasteiger partial charge is 0.330 e. The second-order valence-corrected chi connectivity index (χ2v) is 5.84. The average Bonchev–Trinajstić information content (AvgIpc) is 2.69. The molecule has 0 saturated carbocycles. The third-order valence-corrected chi connectivity index (χ3v) is 3.94. The van der Waals surface area contributed by atoms with Crippen molar-refractivity contribution in [3.63, 3.8) is 0 Å². The van der Waals surface area contributed by atoms with Crippen molar-refractivity contribution in [3.8, 4) is 0 Å². The normalized spacial score (nSPS) is 12.7. The van der Waals surface area contributed by atoms with E-state index in [4.69, 9.17) is 10.8 Å². The topological polar surface area (TPSA) is 43.8 Å². The Morgan fingerprint density at radius 3 is 2.40 bits per heavy atom. The predicted octanol–water partition coefficient (Wildman–Crippen LogP) is 2.99. The summed E-state index contributed by atoms with van der Waals surface area (Å²) >= 11 is 0. The number of hydrogen-bond acceptors (Lipinski definition) is 2. The molecule has 1 heterocycles. The van der Waals surface area contributed by atoms with Gasteiger partial charge in [-0.15, -0.1) is 0 Å². The van der Waals surface area contributed by atoms with Gasteiger partial charge in [0, 0.05) is 5.69 Å². The molecule has 20 heavy (non-hydrogen) atoms. The standard InChI is InChI=1S/C17H25N3/c1-12-5-7-16(8-6-12)11-20-15(4)17(14(3)19-20)9-13(2)10-18/h5-8,13H,9-11,18H2,1-4H3. The maximum atomic E-state index is 5.74. The molecular formula is C17H25N3. The Morgan fingerprint density at radius 1 is 1.15 bits per heavy atom. The number of hydrogen-bond donors (Lipinski definition) is 1. The van der Waals surface area contributed by atoms with Crippen molar-refractivity contribution in [1.82, 2.24) is 9.78 Å². The molecule has 0 bridgehead atoms. The van der Waals surface area contributed by atoms with Crippen LogP contribution in [0, 0.1) is 26.7 Å². The van der Waals surface area contributed by atoms with Gasteiger partial charge in [-0.3, -0.25) is 4.68 Å². The van der Waals surface area contributed by atoms with E-state index in [1.165, 1.54) is 22.4 Å². The minimum atomic E-state index is 0.504. The molecule has 0 radical (unpaired) electrons. The van der Waals surface area contributed by atoms with Crippen LogP contribution in [0.5, 0.6) is 0 Å². The van der Waals surface area contributed by atoms with Crippen LogP contribution in [0.3, 0.4) is 0 Å². The van der Waals surface area contributed by atoms with Crippen LogP contribution in [-0.4, -0.2) is 16.3 Å². The van der Waals surface area contributed by atoms with E-state index in [1.54, 1.807) is 0 Å². The molecule has 0 amide bonds. The lowest BCUT2D eigenvalue weighted by Crippen LogP contribution is -2.14. The van der Waals surface area contributed by atoms with Crippen molar-refractivity contribution in [2.24, 2.45) is 11.7 Å². The van der Waals surface area contributed by atoms with E-state index >= 15 is 0 Å². The van der Waals surface area contributed by atoms with Crippen molar-refractivity contribution in [2.75, 3.05) is 6.54 Å². The van der Waals surface area contributed by atoms with Crippen molar-refractivity contribution >= 4 is 0 Å². The summed E-state index contributed by atoms with van der Waals surface area (Å²) in [6.07, 6.45) is 1.02. The van der Waals surface area contributed by atoms with Crippen molar-refractivity contribution in [1.29, 1.82) is 0 Å². The number of benzene rings is 1. The van der Waals surface area contributed by atoms with Crippen molar-refractivity contribution < 1.29 is 0 Å². The highest BCUT2D eigenvalue weighted by atomic mass is 15.3. The molecule has 1 unspecified atom stereocenters. The van der Waals surface area contributed by atoms with Gasteiger partial charge in [-0.25, -0.2) is 0 Å². The lowest BCUT2D eigenvalue weighted by molar-refractivity contribution is 0.587. The molecular weight excluding hydrogens is 246 g/mol. The van der Waals surface area contributed by atoms with Gasteiger partial charge in [0.15, 0.2) is 0 Å². The molecule has 0 saturated heterocycles. The summed E-state index contributed by atoms with van der Waals surface area (Å²) in [4.78, 5) is 0. The maximum absolute atomic E-state index is 5.74. The SMILES string of the molecule is Cc1ccc(Cn2nc(C)c(CC(C)CN)c2C)cc1. The summed E-state index contributed by atoms with van der Waals surface area (Å²) in [5.41, 5.74) is 12.1. The molecule has 2 N–H and O–H groups in total. The molecule has 1 atom stereocenters. The fraction of sp³-hybridized carbons (Fsp3) is 0.471. The van der Waals surface area contributed by atoms with E-state index < -0.39 is 0 Å². The smallest absolute Gasteiger partial charge is 0.0662 e. The van der Waals surface area contributed by atoms with Crippen LogP contribution in [0.1, 0.15) is 35.0 Å². The lowest BCUT2D eigenvalue weighted by Gasteiger charge is -2.09. The van der Waals surface area contributed by atoms with Crippen LogP contribution in [0.4, 0.5) is 0 Å². The molecule has 0 fully saturated rings. The summed E-state index contributed by atoms with van der Waals surface area (Å²) in [6.45, 7) is 10.1. The number of nitrogens with two attached hydrogens (primary N) is 1. The summed E-state index contributed by atoms with van der Waals surface area (Å²) in [5.74, 6) is 0.504. The van der Waals surface area contributed by atoms with Gasteiger partial charge in [0.05, 0.1) is 12.2 Å². The van der Waals surface area contributed by atoms with E-state index in [2.05, 4.69) is 56.6 Å². The molecule has 3 heteroatoms. The van der Waals surface area contributed by atoms with E-state index in [0.717, 1.165) is 25.2 Å². The molecule has 1 aromatic carbocycles. The minimum absolute atomic E-state index is 0.504. The molecule has 2 aromatic rings. The Hall–Kier alpha value is -1.61. The zero-order chi connectivity index (χ0) is 14.7. The van der Waals surface area contributed by atoms with Gasteiger partial charge in [-0.2, -0.15) is 5.10 Å². The predicted molar refractivity (Wildman–Crippen MR) is 83.9 cm³/mol. The molecule has 0 spiro atoms. The highest BCUT2D eigenvalue weighted by molar-refractivity contribution is 5.27. The quantitative estimate of drug-likeness (QED) is 0.908. The Kier molecular flexibility index (Phi) is 4.61. The van der Waals surface area contributed by atoms with Gasteiger partial charge < -0.3 is 5.73 Å². The molecule has 1 aromatic heterocycles. The fourth-order valence-corrected chi connectivity index (χ4v) is 2.48.